The first kappa shape index (κ1) is 23.3. The lowest BCUT2D eigenvalue weighted by Crippen LogP contribution is -2.12. The molecule has 1 aliphatic carbocycles. The van der Waals surface area contributed by atoms with E-state index in [9.17, 15) is 10.1 Å². The van der Waals surface area contributed by atoms with Crippen molar-refractivity contribution in [2.24, 2.45) is 0 Å². The highest BCUT2D eigenvalue weighted by Crippen LogP contribution is 2.28. The van der Waals surface area contributed by atoms with E-state index in [1.165, 1.54) is 41.5 Å². The van der Waals surface area contributed by atoms with E-state index < -0.39 is 0 Å². The summed E-state index contributed by atoms with van der Waals surface area (Å²) in [5.74, 6) is 1.25. The third kappa shape index (κ3) is 6.12. The third-order valence-corrected chi connectivity index (χ3v) is 7.34. The Balaban J connectivity index is 1.33. The quantitative estimate of drug-likeness (QED) is 0.428. The number of thioether (sulfide) groups is 1. The zero-order chi connectivity index (χ0) is 23.0. The molecule has 33 heavy (non-hydrogen) atoms. The van der Waals surface area contributed by atoms with E-state index in [0.717, 1.165) is 53.4 Å². The number of amides is 1. The number of thiazole rings is 1. The predicted octanol–water partition coefficient (Wildman–Crippen LogP) is 5.87. The van der Waals surface area contributed by atoms with Crippen LogP contribution in [0.1, 0.15) is 48.9 Å². The number of methoxy groups -OCH3 is 1. The Bertz CT molecular complexity index is 1150. The molecule has 0 spiro atoms. The van der Waals surface area contributed by atoms with E-state index in [4.69, 9.17) is 9.72 Å². The van der Waals surface area contributed by atoms with Crippen molar-refractivity contribution in [2.75, 3.05) is 18.2 Å². The molecule has 8 heteroatoms. The highest BCUT2D eigenvalue weighted by atomic mass is 32.2. The van der Waals surface area contributed by atoms with Gasteiger partial charge >= 0.3 is 0 Å². The largest absolute Gasteiger partial charge is 0.497 e. The van der Waals surface area contributed by atoms with Gasteiger partial charge in [0.2, 0.25) is 5.91 Å². The van der Waals surface area contributed by atoms with Crippen molar-refractivity contribution < 1.29 is 9.53 Å². The van der Waals surface area contributed by atoms with E-state index in [0.29, 0.717) is 22.9 Å². The first-order chi connectivity index (χ1) is 16.2. The van der Waals surface area contributed by atoms with Gasteiger partial charge in [-0.25, -0.2) is 9.97 Å². The normalized spacial score (nSPS) is 13.3. The van der Waals surface area contributed by atoms with Gasteiger partial charge < -0.3 is 10.1 Å². The van der Waals surface area contributed by atoms with Gasteiger partial charge in [-0.2, -0.15) is 5.26 Å². The van der Waals surface area contributed by atoms with Crippen molar-refractivity contribution in [3.8, 4) is 23.1 Å². The van der Waals surface area contributed by atoms with Gasteiger partial charge in [0.25, 0.3) is 0 Å². The lowest BCUT2D eigenvalue weighted by atomic mass is 9.96. The summed E-state index contributed by atoms with van der Waals surface area (Å²) in [6.45, 7) is 0. The monoisotopic (exact) mass is 478 g/mol. The number of nitrogens with zero attached hydrogens (tertiary/aromatic N) is 3. The molecule has 0 saturated carbocycles. The zero-order valence-electron chi connectivity index (χ0n) is 18.6. The van der Waals surface area contributed by atoms with Crippen molar-refractivity contribution in [3.63, 3.8) is 0 Å². The summed E-state index contributed by atoms with van der Waals surface area (Å²) in [6, 6.07) is 11.9. The number of hydrogen-bond donors (Lipinski definition) is 1. The number of nitrogens with one attached hydrogen (secondary N) is 1. The molecule has 0 atom stereocenters. The number of nitriles is 1. The van der Waals surface area contributed by atoms with Crippen LogP contribution in [0.5, 0.6) is 5.75 Å². The standard InChI is InChI=1S/C25H26N4O2S2/c1-31-20-10-8-17(9-11-20)22-16-33-25(28-22)29-23(30)12-13-32-24-19(15-26)14-18-6-4-2-3-5-7-21(18)27-24/h8-11,14,16H,2-7,12-13H2,1H3,(H,28,29,30). The van der Waals surface area contributed by atoms with Gasteiger partial charge in [0, 0.05) is 28.8 Å². The lowest BCUT2D eigenvalue weighted by Gasteiger charge is -2.15. The minimum Gasteiger partial charge on any atom is -0.497 e. The van der Waals surface area contributed by atoms with Gasteiger partial charge in [0.15, 0.2) is 5.13 Å². The Morgan fingerprint density at radius 1 is 1.18 bits per heavy atom. The Kier molecular flexibility index (Phi) is 7.97. The van der Waals surface area contributed by atoms with Gasteiger partial charge in [0.1, 0.15) is 16.8 Å². The van der Waals surface area contributed by atoms with Gasteiger partial charge in [-0.3, -0.25) is 4.79 Å². The highest BCUT2D eigenvalue weighted by molar-refractivity contribution is 7.99. The maximum atomic E-state index is 12.4. The molecule has 4 rings (SSSR count). The van der Waals surface area contributed by atoms with E-state index >= 15 is 0 Å². The highest BCUT2D eigenvalue weighted by Gasteiger charge is 2.15. The molecule has 170 valence electrons. The second-order valence-electron chi connectivity index (χ2n) is 7.89. The first-order valence-corrected chi connectivity index (χ1v) is 13.0. The Labute approximate surface area is 202 Å². The fourth-order valence-corrected chi connectivity index (χ4v) is 5.46. The number of aryl methyl sites for hydroxylation is 2. The van der Waals surface area contributed by atoms with Crippen LogP contribution in [0.25, 0.3) is 11.3 Å². The Morgan fingerprint density at radius 3 is 2.73 bits per heavy atom. The van der Waals surface area contributed by atoms with Crippen molar-refractivity contribution in [1.82, 2.24) is 9.97 Å². The summed E-state index contributed by atoms with van der Waals surface area (Å²) >= 11 is 2.88. The molecule has 0 bridgehead atoms. The van der Waals surface area contributed by atoms with E-state index in [1.54, 1.807) is 7.11 Å². The average Bonchev–Trinajstić information content (AvgIpc) is 3.28. The molecule has 0 saturated heterocycles. The van der Waals surface area contributed by atoms with Gasteiger partial charge in [0.05, 0.1) is 18.4 Å². The lowest BCUT2D eigenvalue weighted by molar-refractivity contribution is -0.115. The number of hydrogen-bond acceptors (Lipinski definition) is 7. The van der Waals surface area contributed by atoms with Crippen LogP contribution in [0.4, 0.5) is 5.13 Å². The SMILES string of the molecule is COc1ccc(-c2csc(NC(=O)CCSc3nc4c(cc3C#N)CCCCCC4)n2)cc1. The van der Waals surface area contributed by atoms with Crippen LogP contribution in [0.15, 0.2) is 40.7 Å². The fourth-order valence-electron chi connectivity index (χ4n) is 3.81. The van der Waals surface area contributed by atoms with Crippen LogP contribution in [0, 0.1) is 11.3 Å². The van der Waals surface area contributed by atoms with Crippen LogP contribution < -0.4 is 10.1 Å². The summed E-state index contributed by atoms with van der Waals surface area (Å²) in [5.41, 5.74) is 4.73. The molecule has 2 heterocycles. The number of fused-ring (bicyclic) bond motifs is 1. The number of aromatic nitrogens is 2. The number of ether oxygens (including phenoxy) is 1. The smallest absolute Gasteiger partial charge is 0.226 e. The van der Waals surface area contributed by atoms with Gasteiger partial charge in [-0.05, 0) is 61.6 Å². The second kappa shape index (κ2) is 11.3. The van der Waals surface area contributed by atoms with Crippen LogP contribution in [0.3, 0.4) is 0 Å². The van der Waals surface area contributed by atoms with E-state index in [1.807, 2.05) is 35.7 Å². The molecule has 2 aromatic heterocycles. The maximum Gasteiger partial charge on any atom is 0.226 e. The molecule has 0 aliphatic heterocycles. The number of pyridine rings is 1. The molecule has 1 aromatic carbocycles. The topological polar surface area (TPSA) is 87.9 Å². The van der Waals surface area contributed by atoms with Gasteiger partial charge in [-0.1, -0.05) is 12.8 Å². The van der Waals surface area contributed by atoms with Crippen molar-refractivity contribution in [2.45, 2.75) is 50.0 Å². The summed E-state index contributed by atoms with van der Waals surface area (Å²) in [7, 11) is 1.63. The fraction of sp³-hybridized carbons (Fsp3) is 0.360. The van der Waals surface area contributed by atoms with Crippen LogP contribution in [-0.4, -0.2) is 28.7 Å². The third-order valence-electron chi connectivity index (χ3n) is 5.59. The minimum atomic E-state index is -0.0945. The molecule has 1 aliphatic rings. The minimum absolute atomic E-state index is 0.0945. The molecular weight excluding hydrogens is 452 g/mol. The second-order valence-corrected chi connectivity index (χ2v) is 9.83. The zero-order valence-corrected chi connectivity index (χ0v) is 20.2. The van der Waals surface area contributed by atoms with E-state index in [-0.39, 0.29) is 5.91 Å². The van der Waals surface area contributed by atoms with Crippen molar-refractivity contribution in [3.05, 3.63) is 52.5 Å². The molecule has 3 aromatic rings. The predicted molar refractivity (Wildman–Crippen MR) is 133 cm³/mol. The summed E-state index contributed by atoms with van der Waals surface area (Å²) in [4.78, 5) is 21.8. The van der Waals surface area contributed by atoms with E-state index in [2.05, 4.69) is 16.4 Å². The Hall–Kier alpha value is -2.89. The Morgan fingerprint density at radius 2 is 1.97 bits per heavy atom. The van der Waals surface area contributed by atoms with Crippen molar-refractivity contribution >= 4 is 34.1 Å². The summed E-state index contributed by atoms with van der Waals surface area (Å²) < 4.78 is 5.19. The molecule has 0 fully saturated rings. The summed E-state index contributed by atoms with van der Waals surface area (Å²) in [5, 5.41) is 15.7. The molecule has 0 radical (unpaired) electrons. The number of anilines is 1. The van der Waals surface area contributed by atoms with Crippen molar-refractivity contribution in [1.29, 1.82) is 5.26 Å². The molecular formula is C25H26N4O2S2. The van der Waals surface area contributed by atoms with Crippen LogP contribution in [-0.2, 0) is 17.6 Å². The maximum absolute atomic E-state index is 12.4. The number of benzene rings is 1. The number of rotatable bonds is 7. The molecule has 1 N–H and O–H groups in total. The van der Waals surface area contributed by atoms with Gasteiger partial charge in [-0.15, -0.1) is 23.1 Å². The average molecular weight is 479 g/mol. The first-order valence-electron chi connectivity index (χ1n) is 11.1. The number of carbonyl (C=O) groups is 1. The molecule has 6 nitrogen and oxygen atoms in total. The summed E-state index contributed by atoms with van der Waals surface area (Å²) in [6.07, 6.45) is 7.07. The number of carbonyl (C=O) groups excluding carboxylic acids is 1. The van der Waals surface area contributed by atoms with Crippen LogP contribution >= 0.6 is 23.1 Å². The van der Waals surface area contributed by atoms with Crippen LogP contribution in [0.2, 0.25) is 0 Å². The molecule has 0 unspecified atom stereocenters. The molecule has 1 amide bonds.